The maximum Gasteiger partial charge on any atom is 0.253 e. The minimum Gasteiger partial charge on any atom is -0.497 e. The Balaban J connectivity index is 1.75. The average molecular weight is 261 g/mol. The van der Waals surface area contributed by atoms with E-state index in [2.05, 4.69) is 0 Å². The molecule has 1 aromatic carbocycles. The monoisotopic (exact) mass is 261 g/mol. The van der Waals surface area contributed by atoms with Gasteiger partial charge in [0.15, 0.2) is 0 Å². The van der Waals surface area contributed by atoms with Gasteiger partial charge in [-0.25, -0.2) is 0 Å². The van der Waals surface area contributed by atoms with Crippen molar-refractivity contribution >= 4 is 11.8 Å². The molecule has 1 aliphatic heterocycles. The largest absolute Gasteiger partial charge is 0.497 e. The fourth-order valence-corrected chi connectivity index (χ4v) is 1.76. The summed E-state index contributed by atoms with van der Waals surface area (Å²) in [6.07, 6.45) is 3.16. The number of hydrogen-bond donors (Lipinski definition) is 0. The summed E-state index contributed by atoms with van der Waals surface area (Å²) in [5, 5.41) is 0. The summed E-state index contributed by atoms with van der Waals surface area (Å²) in [7, 11) is 1.59. The lowest BCUT2D eigenvalue weighted by Gasteiger charge is -2.13. The summed E-state index contributed by atoms with van der Waals surface area (Å²) in [5.74, 6) is 0.918. The number of carbonyl (C=O) groups excluding carboxylic acids is 2. The molecule has 0 aliphatic carbocycles. The molecule has 0 fully saturated rings. The van der Waals surface area contributed by atoms with E-state index in [9.17, 15) is 9.59 Å². The highest BCUT2D eigenvalue weighted by Gasteiger charge is 2.22. The Hall–Kier alpha value is -2.30. The Bertz CT molecular complexity index is 492. The first-order valence-corrected chi connectivity index (χ1v) is 6.01. The Morgan fingerprint density at radius 2 is 1.79 bits per heavy atom. The fraction of sp³-hybridized carbons (Fsp3) is 0.286. The average Bonchev–Trinajstić information content (AvgIpc) is 2.75. The molecule has 0 radical (unpaired) electrons. The number of benzene rings is 1. The summed E-state index contributed by atoms with van der Waals surface area (Å²) >= 11 is 0. The first kappa shape index (κ1) is 13.1. The molecule has 5 heteroatoms. The minimum atomic E-state index is -0.258. The van der Waals surface area contributed by atoms with Gasteiger partial charge in [0.05, 0.1) is 13.7 Å². The standard InChI is InChI=1S/C14H15NO4/c1-18-11-4-2-5-12(10-11)19-9-3-8-15-13(16)6-7-14(15)17/h2,4-7,10H,3,8-9H2,1H3. The van der Waals surface area contributed by atoms with Crippen LogP contribution in [0.3, 0.4) is 0 Å². The third-order valence-corrected chi connectivity index (χ3v) is 2.74. The van der Waals surface area contributed by atoms with Crippen LogP contribution in [0.2, 0.25) is 0 Å². The van der Waals surface area contributed by atoms with Gasteiger partial charge in [0.1, 0.15) is 11.5 Å². The number of amides is 2. The maximum absolute atomic E-state index is 11.3. The van der Waals surface area contributed by atoms with Crippen LogP contribution >= 0.6 is 0 Å². The zero-order valence-corrected chi connectivity index (χ0v) is 10.7. The molecule has 0 N–H and O–H groups in total. The Kier molecular flexibility index (Phi) is 4.18. The molecule has 19 heavy (non-hydrogen) atoms. The third kappa shape index (κ3) is 3.34. The van der Waals surface area contributed by atoms with Crippen LogP contribution in [0.4, 0.5) is 0 Å². The SMILES string of the molecule is COc1cccc(OCCCN2C(=O)C=CC2=O)c1. The molecular weight excluding hydrogens is 246 g/mol. The summed E-state index contributed by atoms with van der Waals surface area (Å²) in [6.45, 7) is 0.804. The van der Waals surface area contributed by atoms with E-state index in [1.807, 2.05) is 18.2 Å². The van der Waals surface area contributed by atoms with Gasteiger partial charge in [-0.05, 0) is 18.6 Å². The van der Waals surface area contributed by atoms with Crippen molar-refractivity contribution in [2.24, 2.45) is 0 Å². The van der Waals surface area contributed by atoms with Gasteiger partial charge >= 0.3 is 0 Å². The van der Waals surface area contributed by atoms with Crippen LogP contribution in [-0.4, -0.2) is 37.0 Å². The molecule has 2 amide bonds. The molecule has 0 atom stereocenters. The predicted molar refractivity (Wildman–Crippen MR) is 69.0 cm³/mol. The number of rotatable bonds is 6. The fourth-order valence-electron chi connectivity index (χ4n) is 1.76. The molecule has 1 aliphatic rings. The number of hydrogen-bond acceptors (Lipinski definition) is 4. The number of ether oxygens (including phenoxy) is 2. The van der Waals surface area contributed by atoms with Crippen molar-refractivity contribution in [1.29, 1.82) is 0 Å². The van der Waals surface area contributed by atoms with Crippen LogP contribution in [0.5, 0.6) is 11.5 Å². The van der Waals surface area contributed by atoms with Gasteiger partial charge < -0.3 is 9.47 Å². The van der Waals surface area contributed by atoms with Crippen LogP contribution in [0.1, 0.15) is 6.42 Å². The molecule has 2 rings (SSSR count). The first-order chi connectivity index (χ1) is 9.20. The highest BCUT2D eigenvalue weighted by atomic mass is 16.5. The number of nitrogens with zero attached hydrogens (tertiary/aromatic N) is 1. The summed E-state index contributed by atoms with van der Waals surface area (Å²) < 4.78 is 10.6. The minimum absolute atomic E-state index is 0.258. The topological polar surface area (TPSA) is 55.8 Å². The smallest absolute Gasteiger partial charge is 0.253 e. The van der Waals surface area contributed by atoms with Crippen LogP contribution in [0, 0.1) is 0 Å². The molecule has 0 aromatic heterocycles. The number of methoxy groups -OCH3 is 1. The zero-order chi connectivity index (χ0) is 13.7. The van der Waals surface area contributed by atoms with Crippen LogP contribution < -0.4 is 9.47 Å². The lowest BCUT2D eigenvalue weighted by atomic mass is 10.3. The lowest BCUT2D eigenvalue weighted by molar-refractivity contribution is -0.136. The Morgan fingerprint density at radius 1 is 1.11 bits per heavy atom. The quantitative estimate of drug-likeness (QED) is 0.573. The van der Waals surface area contributed by atoms with Crippen molar-refractivity contribution in [2.75, 3.05) is 20.3 Å². The van der Waals surface area contributed by atoms with Crippen molar-refractivity contribution in [3.63, 3.8) is 0 Å². The molecule has 0 saturated heterocycles. The predicted octanol–water partition coefficient (Wildman–Crippen LogP) is 1.39. The van der Waals surface area contributed by atoms with Crippen molar-refractivity contribution in [3.8, 4) is 11.5 Å². The van der Waals surface area contributed by atoms with Gasteiger partial charge in [-0.15, -0.1) is 0 Å². The van der Waals surface area contributed by atoms with Gasteiger partial charge in [0, 0.05) is 24.8 Å². The molecule has 0 unspecified atom stereocenters. The third-order valence-electron chi connectivity index (χ3n) is 2.74. The van der Waals surface area contributed by atoms with Crippen molar-refractivity contribution in [3.05, 3.63) is 36.4 Å². The van der Waals surface area contributed by atoms with E-state index in [0.717, 1.165) is 5.75 Å². The molecule has 1 aromatic rings. The summed E-state index contributed by atoms with van der Waals surface area (Å²) in [6, 6.07) is 7.29. The van der Waals surface area contributed by atoms with Gasteiger partial charge in [0.2, 0.25) is 0 Å². The van der Waals surface area contributed by atoms with Crippen LogP contribution in [-0.2, 0) is 9.59 Å². The van der Waals surface area contributed by atoms with E-state index in [1.54, 1.807) is 13.2 Å². The van der Waals surface area contributed by atoms with Gasteiger partial charge in [-0.3, -0.25) is 14.5 Å². The second-order valence-electron chi connectivity index (χ2n) is 4.04. The maximum atomic E-state index is 11.3. The Labute approximate surface area is 111 Å². The normalized spacial score (nSPS) is 14.1. The van der Waals surface area contributed by atoms with E-state index < -0.39 is 0 Å². The van der Waals surface area contributed by atoms with Crippen molar-refractivity contribution in [2.45, 2.75) is 6.42 Å². The first-order valence-electron chi connectivity index (χ1n) is 6.01. The number of imide groups is 1. The highest BCUT2D eigenvalue weighted by Crippen LogP contribution is 2.18. The van der Waals surface area contributed by atoms with E-state index >= 15 is 0 Å². The van der Waals surface area contributed by atoms with E-state index in [-0.39, 0.29) is 11.8 Å². The molecule has 0 saturated carbocycles. The van der Waals surface area contributed by atoms with E-state index in [0.29, 0.717) is 25.3 Å². The van der Waals surface area contributed by atoms with Crippen molar-refractivity contribution < 1.29 is 19.1 Å². The second kappa shape index (κ2) is 6.04. The van der Waals surface area contributed by atoms with Crippen molar-refractivity contribution in [1.82, 2.24) is 4.90 Å². The van der Waals surface area contributed by atoms with E-state index in [4.69, 9.17) is 9.47 Å². The van der Waals surface area contributed by atoms with Gasteiger partial charge in [0.25, 0.3) is 11.8 Å². The lowest BCUT2D eigenvalue weighted by Crippen LogP contribution is -2.31. The molecule has 0 bridgehead atoms. The molecule has 0 spiro atoms. The van der Waals surface area contributed by atoms with Crippen LogP contribution in [0.25, 0.3) is 0 Å². The number of carbonyl (C=O) groups is 2. The second-order valence-corrected chi connectivity index (χ2v) is 4.04. The summed E-state index contributed by atoms with van der Waals surface area (Å²) in [5.41, 5.74) is 0. The van der Waals surface area contributed by atoms with Gasteiger partial charge in [-0.1, -0.05) is 6.07 Å². The Morgan fingerprint density at radius 3 is 2.47 bits per heavy atom. The molecule has 100 valence electrons. The summed E-state index contributed by atoms with van der Waals surface area (Å²) in [4.78, 5) is 23.8. The van der Waals surface area contributed by atoms with E-state index in [1.165, 1.54) is 17.1 Å². The van der Waals surface area contributed by atoms with Gasteiger partial charge in [-0.2, -0.15) is 0 Å². The molecule has 5 nitrogen and oxygen atoms in total. The highest BCUT2D eigenvalue weighted by molar-refractivity contribution is 6.12. The van der Waals surface area contributed by atoms with Crippen LogP contribution in [0.15, 0.2) is 36.4 Å². The molecular formula is C14H15NO4. The zero-order valence-electron chi connectivity index (χ0n) is 10.7. The molecule has 1 heterocycles.